The van der Waals surface area contributed by atoms with Crippen LogP contribution in [0.5, 0.6) is 11.8 Å². The Bertz CT molecular complexity index is 933. The van der Waals surface area contributed by atoms with Crippen molar-refractivity contribution in [2.75, 3.05) is 32.2 Å². The molecule has 0 N–H and O–H groups in total. The van der Waals surface area contributed by atoms with E-state index in [1.165, 1.54) is 0 Å². The Balaban J connectivity index is 3.28. The number of nitrogens with zero attached hydrogens (tertiary/aromatic N) is 3. The lowest BCUT2D eigenvalue weighted by molar-refractivity contribution is -0.398. The van der Waals surface area contributed by atoms with Crippen LogP contribution in [-0.4, -0.2) is 85.2 Å². The van der Waals surface area contributed by atoms with E-state index < -0.39 is 78.8 Å². The molecule has 0 aliphatic carbocycles. The van der Waals surface area contributed by atoms with Crippen LogP contribution in [0, 0.1) is 0 Å². The number of rotatable bonds is 11. The van der Waals surface area contributed by atoms with E-state index >= 15 is 0 Å². The molecule has 0 aromatic carbocycles. The molecule has 0 aliphatic rings. The zero-order chi connectivity index (χ0) is 31.3. The number of halogens is 18. The largest absolute Gasteiger partial charge is 0.471 e. The van der Waals surface area contributed by atoms with E-state index in [2.05, 4.69) is 19.4 Å². The molecule has 0 aliphatic heterocycles. The average molecular weight is 619 g/mol. The van der Waals surface area contributed by atoms with Crippen molar-refractivity contribution < 1.29 is 88.5 Å². The molecule has 23 heteroatoms. The molecule has 1 aromatic heterocycles. The number of ether oxygens (including phenoxy) is 2. The van der Waals surface area contributed by atoms with Crippen molar-refractivity contribution >= 4 is 5.95 Å². The molecule has 0 amide bonds. The monoisotopic (exact) mass is 619 g/mol. The molecule has 1 heterocycles. The first-order valence-corrected chi connectivity index (χ1v) is 9.18. The summed E-state index contributed by atoms with van der Waals surface area (Å²) in [5.41, 5.74) is 0. The van der Waals surface area contributed by atoms with Crippen LogP contribution in [-0.2, 0) is 0 Å². The Labute approximate surface area is 203 Å². The van der Waals surface area contributed by atoms with E-state index in [-0.39, 0.29) is 6.07 Å². The molecule has 0 bridgehead atoms. The fourth-order valence-electron chi connectivity index (χ4n) is 2.07. The summed E-state index contributed by atoms with van der Waals surface area (Å²) in [6.07, 6.45) is -14.4. The van der Waals surface area contributed by atoms with Gasteiger partial charge in [-0.15, -0.1) is 0 Å². The van der Waals surface area contributed by atoms with Crippen molar-refractivity contribution in [2.24, 2.45) is 0 Å². The minimum absolute atomic E-state index is 0.126. The third-order valence-corrected chi connectivity index (χ3v) is 4.29. The molecule has 0 fully saturated rings. The average Bonchev–Trinajstić information content (AvgIpc) is 2.74. The summed E-state index contributed by atoms with van der Waals surface area (Å²) >= 11 is 0. The Morgan fingerprint density at radius 2 is 0.821 bits per heavy atom. The van der Waals surface area contributed by atoms with Gasteiger partial charge in [0, 0.05) is 14.1 Å². The lowest BCUT2D eigenvalue weighted by atomic mass is 10.0. The van der Waals surface area contributed by atoms with E-state index in [4.69, 9.17) is 0 Å². The first-order chi connectivity index (χ1) is 17.0. The topological polar surface area (TPSA) is 47.5 Å². The van der Waals surface area contributed by atoms with Gasteiger partial charge in [0.15, 0.2) is 13.2 Å². The Kier molecular flexibility index (Phi) is 8.78. The number of alkyl halides is 18. The quantitative estimate of drug-likeness (QED) is 0.275. The first-order valence-electron chi connectivity index (χ1n) is 9.18. The molecule has 1 aromatic rings. The molecule has 0 spiro atoms. The molecule has 0 saturated heterocycles. The van der Waals surface area contributed by atoms with Crippen molar-refractivity contribution in [3.05, 3.63) is 6.07 Å². The van der Waals surface area contributed by atoms with Crippen LogP contribution in [0.3, 0.4) is 0 Å². The molecule has 228 valence electrons. The molecule has 0 unspecified atom stereocenters. The number of anilines is 1. The predicted molar refractivity (Wildman–Crippen MR) is 89.1 cm³/mol. The van der Waals surface area contributed by atoms with Gasteiger partial charge in [-0.3, -0.25) is 0 Å². The highest BCUT2D eigenvalue weighted by molar-refractivity contribution is 5.35. The lowest BCUT2D eigenvalue weighted by Gasteiger charge is -2.33. The molecule has 5 nitrogen and oxygen atoms in total. The first kappa shape index (κ1) is 34.2. The Morgan fingerprint density at radius 1 is 0.538 bits per heavy atom. The summed E-state index contributed by atoms with van der Waals surface area (Å²) in [5, 5.41) is 0. The summed E-state index contributed by atoms with van der Waals surface area (Å²) in [6.45, 7) is -6.03. The highest BCUT2D eigenvalue weighted by Gasteiger charge is 2.83. The number of aromatic nitrogens is 2. The standard InChI is InChI=1S/C16H11F18N3O2/c1-37(2)8-35-6(38-4-9(17,18)11(21,22)13(25,26)15(29,30)31)3-7(36-8)39-5-10(19,20)12(23,24)14(27,28)16(32,33)34/h3H,4-5H2,1-2H3. The maximum Gasteiger partial charge on any atom is 0.460 e. The second-order valence-electron chi connectivity index (χ2n) is 7.52. The molecule has 39 heavy (non-hydrogen) atoms. The highest BCUT2D eigenvalue weighted by Crippen LogP contribution is 2.54. The zero-order valence-corrected chi connectivity index (χ0v) is 18.5. The van der Waals surface area contributed by atoms with E-state index in [1.54, 1.807) is 0 Å². The Hall–Kier alpha value is -2.78. The Morgan fingerprint density at radius 3 is 1.05 bits per heavy atom. The van der Waals surface area contributed by atoms with Crippen LogP contribution in [0.2, 0.25) is 0 Å². The predicted octanol–water partition coefficient (Wildman–Crippen LogP) is 6.24. The highest BCUT2D eigenvalue weighted by atomic mass is 19.4. The summed E-state index contributed by atoms with van der Waals surface area (Å²) in [4.78, 5) is 6.92. The molecule has 1 rings (SSSR count). The second kappa shape index (κ2) is 10.0. The number of hydrogen-bond donors (Lipinski definition) is 0. The van der Waals surface area contributed by atoms with Gasteiger partial charge >= 0.3 is 47.9 Å². The minimum Gasteiger partial charge on any atom is -0.471 e. The van der Waals surface area contributed by atoms with Crippen molar-refractivity contribution in [1.82, 2.24) is 9.97 Å². The summed E-state index contributed by atoms with van der Waals surface area (Å²) < 4.78 is 240. The normalized spacial score (nSPS) is 14.9. The molecule has 0 radical (unpaired) electrons. The van der Waals surface area contributed by atoms with Crippen LogP contribution >= 0.6 is 0 Å². The second-order valence-corrected chi connectivity index (χ2v) is 7.52. The smallest absolute Gasteiger partial charge is 0.460 e. The zero-order valence-electron chi connectivity index (χ0n) is 18.5. The van der Waals surface area contributed by atoms with Gasteiger partial charge in [0.05, 0.1) is 6.07 Å². The molecular weight excluding hydrogens is 608 g/mol. The van der Waals surface area contributed by atoms with Gasteiger partial charge in [0.25, 0.3) is 0 Å². The van der Waals surface area contributed by atoms with Gasteiger partial charge in [-0.2, -0.15) is 89.0 Å². The van der Waals surface area contributed by atoms with E-state index in [1.807, 2.05) is 0 Å². The van der Waals surface area contributed by atoms with Crippen molar-refractivity contribution in [3.8, 4) is 11.8 Å². The van der Waals surface area contributed by atoms with E-state index in [9.17, 15) is 79.0 Å². The minimum atomic E-state index is -7.31. The van der Waals surface area contributed by atoms with Gasteiger partial charge in [0.1, 0.15) is 0 Å². The molecule has 0 atom stereocenters. The van der Waals surface area contributed by atoms with Crippen molar-refractivity contribution in [2.45, 2.75) is 47.9 Å². The maximum atomic E-state index is 13.6. The maximum absolute atomic E-state index is 13.6. The van der Waals surface area contributed by atoms with Crippen molar-refractivity contribution in [3.63, 3.8) is 0 Å². The van der Waals surface area contributed by atoms with E-state index in [0.717, 1.165) is 14.1 Å². The third kappa shape index (κ3) is 6.19. The van der Waals surface area contributed by atoms with E-state index in [0.29, 0.717) is 4.90 Å². The van der Waals surface area contributed by atoms with Crippen LogP contribution in [0.15, 0.2) is 6.07 Å². The van der Waals surface area contributed by atoms with Gasteiger partial charge in [-0.25, -0.2) is 0 Å². The summed E-state index contributed by atoms with van der Waals surface area (Å²) in [6, 6.07) is -0.126. The van der Waals surface area contributed by atoms with Crippen molar-refractivity contribution in [1.29, 1.82) is 0 Å². The van der Waals surface area contributed by atoms with Gasteiger partial charge in [-0.05, 0) is 0 Å². The number of hydrogen-bond acceptors (Lipinski definition) is 5. The lowest BCUT2D eigenvalue weighted by Crippen LogP contribution is -2.62. The molecule has 0 saturated carbocycles. The summed E-state index contributed by atoms with van der Waals surface area (Å²) in [5.74, 6) is -45.6. The van der Waals surface area contributed by atoms with Crippen LogP contribution in [0.25, 0.3) is 0 Å². The summed E-state index contributed by atoms with van der Waals surface area (Å²) in [7, 11) is 1.92. The van der Waals surface area contributed by atoms with Gasteiger partial charge in [-0.1, -0.05) is 0 Å². The SMILES string of the molecule is CN(C)c1nc(OCC(F)(F)C(F)(F)C(F)(F)C(F)(F)F)cc(OCC(F)(F)C(F)(F)C(F)(F)C(F)(F)F)n1. The fourth-order valence-corrected chi connectivity index (χ4v) is 2.07. The van der Waals surface area contributed by atoms with Gasteiger partial charge < -0.3 is 14.4 Å². The molecular formula is C16H11F18N3O2. The van der Waals surface area contributed by atoms with Crippen LogP contribution in [0.1, 0.15) is 0 Å². The van der Waals surface area contributed by atoms with Crippen LogP contribution < -0.4 is 14.4 Å². The van der Waals surface area contributed by atoms with Crippen LogP contribution in [0.4, 0.5) is 85.0 Å². The fraction of sp³-hybridized carbons (Fsp3) is 0.750. The third-order valence-electron chi connectivity index (χ3n) is 4.29. The van der Waals surface area contributed by atoms with Gasteiger partial charge in [0.2, 0.25) is 17.7 Å².